The Morgan fingerprint density at radius 3 is 2.48 bits per heavy atom. The molecule has 4 rings (SSSR count). The zero-order valence-electron chi connectivity index (χ0n) is 17.1. The Morgan fingerprint density at radius 1 is 1.19 bits per heavy atom. The summed E-state index contributed by atoms with van der Waals surface area (Å²) in [4.78, 5) is 25.5. The van der Waals surface area contributed by atoms with E-state index in [9.17, 15) is 14.7 Å². The normalized spacial score (nSPS) is 14.2. The van der Waals surface area contributed by atoms with Gasteiger partial charge in [-0.3, -0.25) is 9.69 Å². The molecule has 3 aromatic rings. The van der Waals surface area contributed by atoms with Crippen LogP contribution in [0.15, 0.2) is 53.1 Å². The van der Waals surface area contributed by atoms with Gasteiger partial charge in [0.05, 0.1) is 6.04 Å². The summed E-state index contributed by atoms with van der Waals surface area (Å²) in [6.45, 7) is 3.46. The lowest BCUT2D eigenvalue weighted by molar-refractivity contribution is -0.117. The minimum atomic E-state index is -1.15. The lowest BCUT2D eigenvalue weighted by Gasteiger charge is -2.27. The minimum Gasteiger partial charge on any atom is -0.465 e. The fraction of sp³-hybridized carbons (Fsp3) is 0.261. The number of nitrogens with one attached hydrogen (secondary N) is 1. The van der Waals surface area contributed by atoms with Gasteiger partial charge >= 0.3 is 6.09 Å². The van der Waals surface area contributed by atoms with Crippen LogP contribution in [-0.4, -0.2) is 22.3 Å². The van der Waals surface area contributed by atoms with Crippen LogP contribution in [0.1, 0.15) is 37.1 Å². The maximum absolute atomic E-state index is 12.3. The predicted octanol–water partition coefficient (Wildman–Crippen LogP) is 5.90. The van der Waals surface area contributed by atoms with Gasteiger partial charge in [-0.1, -0.05) is 35.0 Å². The van der Waals surface area contributed by atoms with Crippen LogP contribution in [0, 0.1) is 12.8 Å². The zero-order valence-corrected chi connectivity index (χ0v) is 17.9. The van der Waals surface area contributed by atoms with Gasteiger partial charge in [0.2, 0.25) is 5.91 Å². The first kappa shape index (κ1) is 20.9. The van der Waals surface area contributed by atoms with Crippen LogP contribution < -0.4 is 10.2 Å². The first-order valence-corrected chi connectivity index (χ1v) is 10.4. The monoisotopic (exact) mass is 439 g/mol. The number of rotatable bonds is 6. The molecule has 31 heavy (non-hydrogen) atoms. The number of carbonyl (C=O) groups is 2. The molecule has 8 heteroatoms. The quantitative estimate of drug-likeness (QED) is 0.498. The van der Waals surface area contributed by atoms with Crippen LogP contribution in [0.25, 0.3) is 11.3 Å². The van der Waals surface area contributed by atoms with Crippen molar-refractivity contribution < 1.29 is 19.2 Å². The second-order valence-electron chi connectivity index (χ2n) is 7.64. The maximum Gasteiger partial charge on any atom is 0.412 e. The Hall–Kier alpha value is -3.32. The molecule has 0 spiro atoms. The van der Waals surface area contributed by atoms with E-state index in [1.165, 1.54) is 4.90 Å². The Morgan fingerprint density at radius 2 is 1.87 bits per heavy atom. The van der Waals surface area contributed by atoms with Gasteiger partial charge in [0.25, 0.3) is 0 Å². The third kappa shape index (κ3) is 4.27. The lowest BCUT2D eigenvalue weighted by atomic mass is 10.0. The Kier molecular flexibility index (Phi) is 5.69. The summed E-state index contributed by atoms with van der Waals surface area (Å²) in [5.74, 6) is 0.465. The lowest BCUT2D eigenvalue weighted by Crippen LogP contribution is -2.33. The molecule has 0 aliphatic heterocycles. The molecule has 160 valence electrons. The molecule has 1 aliphatic rings. The average molecular weight is 440 g/mol. The van der Waals surface area contributed by atoms with Crippen LogP contribution in [0.5, 0.6) is 0 Å². The predicted molar refractivity (Wildman–Crippen MR) is 118 cm³/mol. The highest BCUT2D eigenvalue weighted by Gasteiger charge is 2.32. The molecule has 1 aromatic heterocycles. The zero-order chi connectivity index (χ0) is 22.1. The molecular formula is C23H22ClN3O4. The summed E-state index contributed by atoms with van der Waals surface area (Å²) in [5.41, 5.74) is 2.81. The van der Waals surface area contributed by atoms with Crippen LogP contribution in [0.3, 0.4) is 0 Å². The van der Waals surface area contributed by atoms with E-state index >= 15 is 0 Å². The molecule has 0 bridgehead atoms. The molecular weight excluding hydrogens is 418 g/mol. The van der Waals surface area contributed by atoms with Crippen molar-refractivity contribution in [2.45, 2.75) is 32.7 Å². The van der Waals surface area contributed by atoms with Crippen molar-refractivity contribution in [1.29, 1.82) is 0 Å². The van der Waals surface area contributed by atoms with Gasteiger partial charge in [0.15, 0.2) is 5.76 Å². The molecule has 7 nitrogen and oxygen atoms in total. The standard InChI is InChI=1S/C23H22ClN3O4/c1-13-20(27(23(29)30)14(2)18-5-3-4-6-19(18)24)21(31-26-13)15-9-11-17(12-10-15)25-22(28)16-7-8-16/h3-6,9-12,14,16H,7-8H2,1-2H3,(H,25,28)(H,29,30). The number of benzene rings is 2. The van der Waals surface area contributed by atoms with Gasteiger partial charge in [-0.2, -0.15) is 0 Å². The first-order valence-electron chi connectivity index (χ1n) is 10.0. The summed E-state index contributed by atoms with van der Waals surface area (Å²) in [7, 11) is 0. The van der Waals surface area contributed by atoms with Crippen molar-refractivity contribution in [2.24, 2.45) is 5.92 Å². The topological polar surface area (TPSA) is 95.7 Å². The summed E-state index contributed by atoms with van der Waals surface area (Å²) in [6, 6.07) is 13.6. The Balaban J connectivity index is 1.67. The van der Waals surface area contributed by atoms with Gasteiger partial charge < -0.3 is 14.9 Å². The maximum atomic E-state index is 12.3. The fourth-order valence-corrected chi connectivity index (χ4v) is 3.83. The largest absolute Gasteiger partial charge is 0.465 e. The number of aromatic nitrogens is 1. The molecule has 1 atom stereocenters. The SMILES string of the molecule is Cc1noc(-c2ccc(NC(=O)C3CC3)cc2)c1N(C(=O)O)C(C)c1ccccc1Cl. The van der Waals surface area contributed by atoms with Crippen molar-refractivity contribution >= 4 is 35.0 Å². The van der Waals surface area contributed by atoms with Gasteiger partial charge in [0.1, 0.15) is 11.4 Å². The number of halogens is 1. The average Bonchev–Trinajstić information content (AvgIpc) is 3.53. The smallest absolute Gasteiger partial charge is 0.412 e. The highest BCUT2D eigenvalue weighted by Crippen LogP contribution is 2.40. The van der Waals surface area contributed by atoms with Gasteiger partial charge in [-0.05, 0) is 62.6 Å². The van der Waals surface area contributed by atoms with Crippen molar-refractivity contribution in [3.8, 4) is 11.3 Å². The Bertz CT molecular complexity index is 1120. The fourth-order valence-electron chi connectivity index (χ4n) is 3.54. The number of carbonyl (C=O) groups excluding carboxylic acids is 1. The van der Waals surface area contributed by atoms with E-state index in [0.29, 0.717) is 39.0 Å². The Labute approximate surface area is 184 Å². The van der Waals surface area contributed by atoms with Gasteiger partial charge in [-0.15, -0.1) is 0 Å². The number of amides is 2. The molecule has 2 N–H and O–H groups in total. The van der Waals surface area contributed by atoms with E-state index in [4.69, 9.17) is 16.1 Å². The number of hydrogen-bond donors (Lipinski definition) is 2. The molecule has 0 radical (unpaired) electrons. The van der Waals surface area contributed by atoms with E-state index in [1.54, 1.807) is 56.3 Å². The van der Waals surface area contributed by atoms with Crippen LogP contribution in [-0.2, 0) is 4.79 Å². The van der Waals surface area contributed by atoms with Crippen LogP contribution >= 0.6 is 11.6 Å². The molecule has 1 saturated carbocycles. The van der Waals surface area contributed by atoms with E-state index in [0.717, 1.165) is 12.8 Å². The summed E-state index contributed by atoms with van der Waals surface area (Å²) >= 11 is 6.32. The highest BCUT2D eigenvalue weighted by molar-refractivity contribution is 6.31. The number of nitrogens with zero attached hydrogens (tertiary/aromatic N) is 2. The summed E-state index contributed by atoms with van der Waals surface area (Å²) in [6.07, 6.45) is 0.715. The number of carboxylic acid groups (broad SMARTS) is 1. The van der Waals surface area contributed by atoms with Crippen molar-refractivity contribution in [1.82, 2.24) is 5.16 Å². The van der Waals surface area contributed by atoms with E-state index in [2.05, 4.69) is 10.5 Å². The highest BCUT2D eigenvalue weighted by atomic mass is 35.5. The molecule has 1 unspecified atom stereocenters. The molecule has 1 fully saturated rings. The van der Waals surface area contributed by atoms with Crippen molar-refractivity contribution in [2.75, 3.05) is 10.2 Å². The third-order valence-electron chi connectivity index (χ3n) is 5.38. The van der Waals surface area contributed by atoms with E-state index in [1.807, 2.05) is 6.07 Å². The number of hydrogen-bond acceptors (Lipinski definition) is 4. The molecule has 0 saturated heterocycles. The van der Waals surface area contributed by atoms with Gasteiger partial charge in [0, 0.05) is 22.2 Å². The van der Waals surface area contributed by atoms with E-state index in [-0.39, 0.29) is 11.8 Å². The molecule has 2 amide bonds. The third-order valence-corrected chi connectivity index (χ3v) is 5.73. The van der Waals surface area contributed by atoms with E-state index < -0.39 is 12.1 Å². The molecule has 1 aliphatic carbocycles. The van der Waals surface area contributed by atoms with Gasteiger partial charge in [-0.25, -0.2) is 4.79 Å². The van der Waals surface area contributed by atoms with Crippen molar-refractivity contribution in [3.63, 3.8) is 0 Å². The minimum absolute atomic E-state index is 0.0227. The van der Waals surface area contributed by atoms with Crippen LogP contribution in [0.2, 0.25) is 5.02 Å². The van der Waals surface area contributed by atoms with Crippen LogP contribution in [0.4, 0.5) is 16.2 Å². The second-order valence-corrected chi connectivity index (χ2v) is 8.04. The molecule has 2 aromatic carbocycles. The summed E-state index contributed by atoms with van der Waals surface area (Å²) < 4.78 is 5.52. The van der Waals surface area contributed by atoms with Crippen molar-refractivity contribution in [3.05, 3.63) is 64.8 Å². The number of aryl methyl sites for hydroxylation is 1. The first-order chi connectivity index (χ1) is 14.9. The molecule has 1 heterocycles. The number of anilines is 2. The summed E-state index contributed by atoms with van der Waals surface area (Å²) in [5, 5.41) is 17.4. The second kappa shape index (κ2) is 8.43.